The number of aromatic nitrogens is 1. The van der Waals surface area contributed by atoms with Crippen LogP contribution in [0, 0.1) is 24.5 Å². The molecule has 0 bridgehead atoms. The molecule has 4 rings (SSSR count). The lowest BCUT2D eigenvalue weighted by molar-refractivity contribution is -0.275. The molecule has 1 aliphatic heterocycles. The van der Waals surface area contributed by atoms with Gasteiger partial charge in [0.25, 0.3) is 0 Å². The van der Waals surface area contributed by atoms with Crippen molar-refractivity contribution in [2.75, 3.05) is 7.11 Å². The van der Waals surface area contributed by atoms with Crippen molar-refractivity contribution in [2.45, 2.75) is 51.2 Å². The number of hydrogen-bond donors (Lipinski definition) is 1. The fourth-order valence-corrected chi connectivity index (χ4v) is 4.72. The number of rotatable bonds is 6. The molecule has 1 N–H and O–H groups in total. The summed E-state index contributed by atoms with van der Waals surface area (Å²) in [5, 5.41) is 10.5. The van der Waals surface area contributed by atoms with E-state index in [9.17, 15) is 27.1 Å². The second kappa shape index (κ2) is 9.81. The van der Waals surface area contributed by atoms with Crippen molar-refractivity contribution in [1.82, 2.24) is 4.98 Å². The minimum atomic E-state index is -4.79. The third-order valence-corrected chi connectivity index (χ3v) is 6.99. The minimum absolute atomic E-state index is 0.000723. The van der Waals surface area contributed by atoms with E-state index in [0.29, 0.717) is 0 Å². The van der Waals surface area contributed by atoms with Gasteiger partial charge >= 0.3 is 6.18 Å². The van der Waals surface area contributed by atoms with Gasteiger partial charge in [-0.05, 0) is 25.5 Å². The lowest BCUT2D eigenvalue weighted by Crippen LogP contribution is -2.46. The molecule has 1 fully saturated rings. The highest BCUT2D eigenvalue weighted by Gasteiger charge is 2.65. The summed E-state index contributed by atoms with van der Waals surface area (Å²) in [6, 6.07) is 12.4. The van der Waals surface area contributed by atoms with Gasteiger partial charge in [0.1, 0.15) is 12.7 Å². The van der Waals surface area contributed by atoms with Crippen molar-refractivity contribution in [1.29, 1.82) is 0 Å². The van der Waals surface area contributed by atoms with Crippen LogP contribution >= 0.6 is 0 Å². The van der Waals surface area contributed by atoms with Gasteiger partial charge in [0.2, 0.25) is 5.82 Å². The van der Waals surface area contributed by atoms with Gasteiger partial charge in [0.05, 0.1) is 18.5 Å². The molecule has 2 aromatic carbocycles. The smallest absolute Gasteiger partial charge is 0.417 e. The van der Waals surface area contributed by atoms with Gasteiger partial charge in [-0.15, -0.1) is 0 Å². The summed E-state index contributed by atoms with van der Waals surface area (Å²) >= 11 is 0. The topological polar surface area (TPSA) is 60.8 Å². The highest BCUT2D eigenvalue weighted by molar-refractivity contribution is 5.46. The third kappa shape index (κ3) is 4.70. The Bertz CT molecular complexity index is 1280. The van der Waals surface area contributed by atoms with Crippen molar-refractivity contribution >= 4 is 0 Å². The zero-order chi connectivity index (χ0) is 27.1. The van der Waals surface area contributed by atoms with E-state index in [-0.39, 0.29) is 35.1 Å². The van der Waals surface area contributed by atoms with Crippen molar-refractivity contribution in [3.05, 3.63) is 82.7 Å². The molecule has 37 heavy (non-hydrogen) atoms. The van der Waals surface area contributed by atoms with Crippen LogP contribution < -0.4 is 9.47 Å². The Labute approximate surface area is 210 Å². The molecule has 2 heterocycles. The fraction of sp³-hybridized carbons (Fsp3) is 0.370. The van der Waals surface area contributed by atoms with E-state index < -0.39 is 47.1 Å². The summed E-state index contributed by atoms with van der Waals surface area (Å²) in [7, 11) is 1.11. The minimum Gasteiger partial charge on any atom is -0.503 e. The number of alkyl halides is 3. The van der Waals surface area contributed by atoms with Gasteiger partial charge in [0, 0.05) is 23.5 Å². The van der Waals surface area contributed by atoms with Gasteiger partial charge < -0.3 is 19.3 Å². The van der Waals surface area contributed by atoms with Crippen LogP contribution in [0.3, 0.4) is 0 Å². The quantitative estimate of drug-likeness (QED) is 0.361. The number of benzene rings is 2. The highest BCUT2D eigenvalue weighted by atomic mass is 19.4. The first-order chi connectivity index (χ1) is 17.4. The monoisotopic (exact) mass is 523 g/mol. The lowest BCUT2D eigenvalue weighted by Gasteiger charge is -2.32. The van der Waals surface area contributed by atoms with Crippen LogP contribution in [0.4, 0.5) is 22.0 Å². The summed E-state index contributed by atoms with van der Waals surface area (Å²) in [5.74, 6) is -5.67. The SMILES string of the molecule is COc1c([C@H]2[C@H](c3cc(OCc4ccccc4)c(O)c(C)n3)O[C@@](C)(C(F)(F)F)[C@H]2C)ccc(F)c1F. The summed E-state index contributed by atoms with van der Waals surface area (Å²) in [6.07, 6.45) is -6.14. The largest absolute Gasteiger partial charge is 0.503 e. The molecule has 0 aliphatic carbocycles. The first-order valence-corrected chi connectivity index (χ1v) is 11.5. The number of nitrogens with zero attached hydrogens (tertiary/aromatic N) is 1. The van der Waals surface area contributed by atoms with Gasteiger partial charge in [-0.1, -0.05) is 43.3 Å². The van der Waals surface area contributed by atoms with Gasteiger partial charge in [-0.3, -0.25) is 4.98 Å². The summed E-state index contributed by atoms with van der Waals surface area (Å²) in [4.78, 5) is 4.29. The Kier molecular flexibility index (Phi) is 7.07. The number of aryl methyl sites for hydroxylation is 1. The molecule has 0 amide bonds. The van der Waals surface area contributed by atoms with E-state index in [0.717, 1.165) is 25.7 Å². The number of pyridine rings is 1. The molecule has 10 heteroatoms. The van der Waals surface area contributed by atoms with Gasteiger partial charge in [-0.25, -0.2) is 4.39 Å². The van der Waals surface area contributed by atoms with E-state index in [2.05, 4.69) is 4.98 Å². The Balaban J connectivity index is 1.83. The Morgan fingerprint density at radius 1 is 1.11 bits per heavy atom. The maximum atomic E-state index is 14.6. The van der Waals surface area contributed by atoms with Gasteiger partial charge in [-0.2, -0.15) is 17.6 Å². The molecule has 198 valence electrons. The second-order valence-electron chi connectivity index (χ2n) is 9.20. The molecule has 5 nitrogen and oxygen atoms in total. The number of methoxy groups -OCH3 is 1. The number of halogens is 5. The normalized spacial score (nSPS) is 23.8. The van der Waals surface area contributed by atoms with E-state index in [1.807, 2.05) is 30.3 Å². The van der Waals surface area contributed by atoms with Crippen LogP contribution in [0.25, 0.3) is 0 Å². The molecule has 4 atom stereocenters. The number of hydrogen-bond acceptors (Lipinski definition) is 5. The first kappa shape index (κ1) is 26.7. The number of ether oxygens (including phenoxy) is 3. The van der Waals surface area contributed by atoms with E-state index in [1.165, 1.54) is 26.0 Å². The van der Waals surface area contributed by atoms with E-state index in [4.69, 9.17) is 14.2 Å². The fourth-order valence-electron chi connectivity index (χ4n) is 4.72. The molecule has 1 aliphatic rings. The molecular formula is C27H26F5NO4. The van der Waals surface area contributed by atoms with E-state index in [1.54, 1.807) is 0 Å². The van der Waals surface area contributed by atoms with Crippen molar-refractivity contribution in [3.8, 4) is 17.2 Å². The molecule has 0 spiro atoms. The predicted octanol–water partition coefficient (Wildman–Crippen LogP) is 6.77. The average molecular weight is 523 g/mol. The van der Waals surface area contributed by atoms with Crippen LogP contribution in [0.1, 0.15) is 48.4 Å². The van der Waals surface area contributed by atoms with E-state index >= 15 is 0 Å². The van der Waals surface area contributed by atoms with Gasteiger partial charge in [0.15, 0.2) is 28.7 Å². The maximum Gasteiger partial charge on any atom is 0.417 e. The summed E-state index contributed by atoms with van der Waals surface area (Å²) in [5.41, 5.74) is -1.69. The molecule has 0 unspecified atom stereocenters. The first-order valence-electron chi connectivity index (χ1n) is 11.5. The van der Waals surface area contributed by atoms with Crippen LogP contribution in [0.2, 0.25) is 0 Å². The molecular weight excluding hydrogens is 497 g/mol. The molecule has 3 aromatic rings. The Morgan fingerprint density at radius 2 is 1.78 bits per heavy atom. The van der Waals surface area contributed by atoms with Crippen molar-refractivity contribution < 1.29 is 41.3 Å². The summed E-state index contributed by atoms with van der Waals surface area (Å²) < 4.78 is 87.8. The van der Waals surface area contributed by atoms with Crippen molar-refractivity contribution in [2.24, 2.45) is 5.92 Å². The highest BCUT2D eigenvalue weighted by Crippen LogP contribution is 2.59. The van der Waals surface area contributed by atoms with Crippen LogP contribution in [0.15, 0.2) is 48.5 Å². The summed E-state index contributed by atoms with van der Waals surface area (Å²) in [6.45, 7) is 3.80. The van der Waals surface area contributed by atoms with Crippen LogP contribution in [-0.2, 0) is 11.3 Å². The average Bonchev–Trinajstić information content (AvgIpc) is 3.13. The predicted molar refractivity (Wildman–Crippen MR) is 125 cm³/mol. The lowest BCUT2D eigenvalue weighted by atomic mass is 9.76. The zero-order valence-corrected chi connectivity index (χ0v) is 20.6. The third-order valence-electron chi connectivity index (χ3n) is 6.99. The molecule has 1 saturated heterocycles. The zero-order valence-electron chi connectivity index (χ0n) is 20.6. The van der Waals surface area contributed by atoms with Crippen LogP contribution in [0.5, 0.6) is 17.2 Å². The van der Waals surface area contributed by atoms with Crippen molar-refractivity contribution in [3.63, 3.8) is 0 Å². The Morgan fingerprint density at radius 3 is 2.41 bits per heavy atom. The van der Waals surface area contributed by atoms with Crippen LogP contribution in [-0.4, -0.2) is 29.0 Å². The number of aromatic hydroxyl groups is 1. The Hall–Kier alpha value is -3.40. The molecule has 0 radical (unpaired) electrons. The standard InChI is InChI=1S/C27H26F5NO4/c1-14-21(17-10-11-18(28)22(29)24(17)35-4)25(37-26(14,3)27(30,31)32)19-12-20(23(34)15(2)33-19)36-13-16-8-6-5-7-9-16/h5-12,14,21,25,34H,13H2,1-4H3/t14-,21-,25-,26+/m0/s1. The maximum absolute atomic E-state index is 14.6. The molecule has 1 aromatic heterocycles. The second-order valence-corrected chi connectivity index (χ2v) is 9.20. The molecule has 0 saturated carbocycles.